The highest BCUT2D eigenvalue weighted by molar-refractivity contribution is 6.01. The van der Waals surface area contributed by atoms with Crippen LogP contribution >= 0.6 is 0 Å². The van der Waals surface area contributed by atoms with E-state index in [1.165, 1.54) is 14.2 Å². The maximum Gasteiger partial charge on any atom is 0.306 e. The Kier molecular flexibility index (Phi) is 7.32. The first-order valence-corrected chi connectivity index (χ1v) is 8.87. The molecular weight excluding hydrogens is 360 g/mol. The molecule has 0 fully saturated rings. The Hall–Kier alpha value is -3.15. The van der Waals surface area contributed by atoms with Crippen LogP contribution in [0.1, 0.15) is 44.7 Å². The average molecular weight is 384 g/mol. The number of esters is 1. The van der Waals surface area contributed by atoms with E-state index >= 15 is 0 Å². The van der Waals surface area contributed by atoms with E-state index in [9.17, 15) is 14.4 Å². The minimum atomic E-state index is -0.599. The fraction of sp³-hybridized carbons (Fsp3) is 0.318. The van der Waals surface area contributed by atoms with Gasteiger partial charge in [-0.2, -0.15) is 0 Å². The van der Waals surface area contributed by atoms with Crippen molar-refractivity contribution in [1.29, 1.82) is 0 Å². The minimum absolute atomic E-state index is 0.0291. The maximum atomic E-state index is 12.3. The number of ketones is 2. The third-order valence-corrected chi connectivity index (χ3v) is 4.46. The third-order valence-electron chi connectivity index (χ3n) is 4.46. The fourth-order valence-electron chi connectivity index (χ4n) is 2.60. The van der Waals surface area contributed by atoms with Gasteiger partial charge in [0.15, 0.2) is 12.4 Å². The molecule has 28 heavy (non-hydrogen) atoms. The molecule has 6 heteroatoms. The van der Waals surface area contributed by atoms with Crippen molar-refractivity contribution in [1.82, 2.24) is 0 Å². The molecule has 0 radical (unpaired) electrons. The quantitative estimate of drug-likeness (QED) is 0.484. The molecule has 0 aliphatic rings. The van der Waals surface area contributed by atoms with Crippen LogP contribution in [-0.2, 0) is 9.53 Å². The number of Topliss-reactive ketones (excluding diaryl/α,β-unsaturated/α-hetero) is 2. The van der Waals surface area contributed by atoms with Gasteiger partial charge in [0.25, 0.3) is 0 Å². The predicted octanol–water partition coefficient (Wildman–Crippen LogP) is 3.71. The van der Waals surface area contributed by atoms with Crippen molar-refractivity contribution < 1.29 is 28.6 Å². The van der Waals surface area contributed by atoms with E-state index in [0.717, 1.165) is 11.1 Å². The van der Waals surface area contributed by atoms with Gasteiger partial charge in [0.05, 0.1) is 26.2 Å². The van der Waals surface area contributed by atoms with Gasteiger partial charge in [0.2, 0.25) is 5.78 Å². The van der Waals surface area contributed by atoms with E-state index in [-0.39, 0.29) is 18.6 Å². The van der Waals surface area contributed by atoms with Crippen molar-refractivity contribution in [3.63, 3.8) is 0 Å². The highest BCUT2D eigenvalue weighted by Gasteiger charge is 2.16. The van der Waals surface area contributed by atoms with Gasteiger partial charge in [-0.05, 0) is 43.2 Å². The van der Waals surface area contributed by atoms with Gasteiger partial charge in [0, 0.05) is 18.1 Å². The Bertz CT molecular complexity index is 885. The molecule has 0 unspecified atom stereocenters. The molecule has 148 valence electrons. The van der Waals surface area contributed by atoms with Gasteiger partial charge in [-0.3, -0.25) is 14.4 Å². The first-order valence-electron chi connectivity index (χ1n) is 8.87. The number of rotatable bonds is 9. The van der Waals surface area contributed by atoms with Gasteiger partial charge in [-0.15, -0.1) is 0 Å². The second-order valence-corrected chi connectivity index (χ2v) is 6.37. The number of hydrogen-bond acceptors (Lipinski definition) is 6. The molecule has 0 saturated heterocycles. The molecule has 0 aliphatic heterocycles. The third kappa shape index (κ3) is 5.42. The van der Waals surface area contributed by atoms with E-state index in [0.29, 0.717) is 22.6 Å². The normalized spacial score (nSPS) is 10.3. The summed E-state index contributed by atoms with van der Waals surface area (Å²) < 4.78 is 15.3. The van der Waals surface area contributed by atoms with E-state index in [2.05, 4.69) is 0 Å². The highest BCUT2D eigenvalue weighted by atomic mass is 16.5. The molecule has 0 amide bonds. The number of carbonyl (C=O) groups excluding carboxylic acids is 3. The summed E-state index contributed by atoms with van der Waals surface area (Å²) in [5.41, 5.74) is 2.98. The SMILES string of the molecule is COc1ccc(C(=O)COC(=O)CCC(=O)c2ccc(C)c(C)c2)c(OC)c1. The lowest BCUT2D eigenvalue weighted by Gasteiger charge is -2.10. The summed E-state index contributed by atoms with van der Waals surface area (Å²) in [6.07, 6.45) is -0.0554. The fourth-order valence-corrected chi connectivity index (χ4v) is 2.60. The summed E-state index contributed by atoms with van der Waals surface area (Å²) in [4.78, 5) is 36.4. The zero-order valence-corrected chi connectivity index (χ0v) is 16.5. The predicted molar refractivity (Wildman–Crippen MR) is 104 cm³/mol. The number of carbonyl (C=O) groups is 3. The van der Waals surface area contributed by atoms with Crippen LogP contribution in [0.25, 0.3) is 0 Å². The Morgan fingerprint density at radius 1 is 0.821 bits per heavy atom. The largest absolute Gasteiger partial charge is 0.497 e. The standard InChI is InChI=1S/C22H24O6/c1-14-5-6-16(11-15(14)2)19(23)9-10-22(25)28-13-20(24)18-8-7-17(26-3)12-21(18)27-4/h5-8,11-12H,9-10,13H2,1-4H3. The Morgan fingerprint density at radius 3 is 2.21 bits per heavy atom. The summed E-state index contributed by atoms with van der Waals surface area (Å²) in [6.45, 7) is 3.48. The monoisotopic (exact) mass is 384 g/mol. The van der Waals surface area contributed by atoms with Crippen LogP contribution in [-0.4, -0.2) is 38.4 Å². The summed E-state index contributed by atoms with van der Waals surface area (Å²) in [5.74, 6) is -0.241. The minimum Gasteiger partial charge on any atom is -0.497 e. The molecule has 6 nitrogen and oxygen atoms in total. The molecule has 0 bridgehead atoms. The van der Waals surface area contributed by atoms with Gasteiger partial charge < -0.3 is 14.2 Å². The average Bonchev–Trinajstić information content (AvgIpc) is 2.71. The summed E-state index contributed by atoms with van der Waals surface area (Å²) in [6, 6.07) is 10.2. The highest BCUT2D eigenvalue weighted by Crippen LogP contribution is 2.25. The van der Waals surface area contributed by atoms with E-state index < -0.39 is 18.4 Å². The van der Waals surface area contributed by atoms with Crippen LogP contribution in [0.15, 0.2) is 36.4 Å². The number of hydrogen-bond donors (Lipinski definition) is 0. The molecule has 0 aromatic heterocycles. The van der Waals surface area contributed by atoms with Gasteiger partial charge >= 0.3 is 5.97 Å². The van der Waals surface area contributed by atoms with Crippen LogP contribution in [0.4, 0.5) is 0 Å². The van der Waals surface area contributed by atoms with Gasteiger partial charge in [-0.25, -0.2) is 0 Å². The van der Waals surface area contributed by atoms with Crippen molar-refractivity contribution in [2.45, 2.75) is 26.7 Å². The number of benzene rings is 2. The van der Waals surface area contributed by atoms with Crippen LogP contribution in [0.5, 0.6) is 11.5 Å². The van der Waals surface area contributed by atoms with Gasteiger partial charge in [-0.1, -0.05) is 12.1 Å². The topological polar surface area (TPSA) is 78.9 Å². The lowest BCUT2D eigenvalue weighted by molar-refractivity contribution is -0.142. The molecule has 2 aromatic rings. The molecule has 0 heterocycles. The summed E-state index contributed by atoms with van der Waals surface area (Å²) in [7, 11) is 2.95. The molecule has 0 aliphatic carbocycles. The molecule has 0 saturated carbocycles. The van der Waals surface area contributed by atoms with Crippen molar-refractivity contribution >= 4 is 17.5 Å². The maximum absolute atomic E-state index is 12.3. The van der Waals surface area contributed by atoms with Crippen molar-refractivity contribution in [3.8, 4) is 11.5 Å². The molecule has 0 atom stereocenters. The van der Waals surface area contributed by atoms with E-state index in [4.69, 9.17) is 14.2 Å². The zero-order chi connectivity index (χ0) is 20.7. The van der Waals surface area contributed by atoms with Crippen molar-refractivity contribution in [2.24, 2.45) is 0 Å². The summed E-state index contributed by atoms with van der Waals surface area (Å²) in [5, 5.41) is 0. The first-order chi connectivity index (χ1) is 13.3. The van der Waals surface area contributed by atoms with Gasteiger partial charge in [0.1, 0.15) is 11.5 Å². The van der Waals surface area contributed by atoms with Crippen LogP contribution < -0.4 is 9.47 Å². The molecule has 2 rings (SSSR count). The molecule has 0 N–H and O–H groups in total. The van der Waals surface area contributed by atoms with Crippen LogP contribution in [0.2, 0.25) is 0 Å². The lowest BCUT2D eigenvalue weighted by Crippen LogP contribution is -2.15. The smallest absolute Gasteiger partial charge is 0.306 e. The number of ether oxygens (including phenoxy) is 3. The van der Waals surface area contributed by atoms with Crippen molar-refractivity contribution in [2.75, 3.05) is 20.8 Å². The van der Waals surface area contributed by atoms with E-state index in [1.807, 2.05) is 26.0 Å². The van der Waals surface area contributed by atoms with Crippen LogP contribution in [0, 0.1) is 13.8 Å². The Labute approximate surface area is 164 Å². The lowest BCUT2D eigenvalue weighted by atomic mass is 10.0. The summed E-state index contributed by atoms with van der Waals surface area (Å²) >= 11 is 0. The Morgan fingerprint density at radius 2 is 1.57 bits per heavy atom. The molecular formula is C22H24O6. The molecule has 2 aromatic carbocycles. The first kappa shape index (κ1) is 21.2. The van der Waals surface area contributed by atoms with Crippen LogP contribution in [0.3, 0.4) is 0 Å². The molecule has 0 spiro atoms. The second kappa shape index (κ2) is 9.69. The number of aryl methyl sites for hydroxylation is 2. The number of methoxy groups -OCH3 is 2. The van der Waals surface area contributed by atoms with E-state index in [1.54, 1.807) is 24.3 Å². The second-order valence-electron chi connectivity index (χ2n) is 6.37. The zero-order valence-electron chi connectivity index (χ0n) is 16.5. The van der Waals surface area contributed by atoms with Crippen molar-refractivity contribution in [3.05, 3.63) is 58.7 Å². The Balaban J connectivity index is 1.87.